The second-order valence-electron chi connectivity index (χ2n) is 5.18. The van der Waals surface area contributed by atoms with Gasteiger partial charge in [-0.1, -0.05) is 61.2 Å². The summed E-state index contributed by atoms with van der Waals surface area (Å²) in [4.78, 5) is 0. The van der Waals surface area contributed by atoms with E-state index in [0.717, 1.165) is 22.7 Å². The second kappa shape index (κ2) is 5.11. The zero-order chi connectivity index (χ0) is 12.5. The van der Waals surface area contributed by atoms with Gasteiger partial charge in [-0.25, -0.2) is 0 Å². The average molecular weight is 279 g/mol. The summed E-state index contributed by atoms with van der Waals surface area (Å²) < 4.78 is 0. The molecule has 0 bridgehead atoms. The Morgan fingerprint density at radius 2 is 1.78 bits per heavy atom. The zero-order valence-electron chi connectivity index (χ0n) is 10.2. The number of hydrogen-bond donors (Lipinski definition) is 0. The lowest BCUT2D eigenvalue weighted by Gasteiger charge is -2.27. The third-order valence-corrected chi connectivity index (χ3v) is 4.75. The lowest BCUT2D eigenvalue weighted by Crippen LogP contribution is -2.13. The molecule has 2 aromatic carbocycles. The zero-order valence-corrected chi connectivity index (χ0v) is 11.7. The van der Waals surface area contributed by atoms with Crippen molar-refractivity contribution in [3.05, 3.63) is 47.0 Å². The van der Waals surface area contributed by atoms with E-state index in [2.05, 4.69) is 24.3 Å². The molecule has 1 fully saturated rings. The normalized spacial score (nSPS) is 17.7. The molecule has 0 spiro atoms. The lowest BCUT2D eigenvalue weighted by atomic mass is 9.81. The Kier molecular flexibility index (Phi) is 3.50. The third kappa shape index (κ3) is 2.24. The van der Waals surface area contributed by atoms with Crippen molar-refractivity contribution in [2.75, 3.05) is 0 Å². The molecule has 1 atom stereocenters. The van der Waals surface area contributed by atoms with Crippen molar-refractivity contribution in [1.82, 2.24) is 0 Å². The van der Waals surface area contributed by atoms with Crippen LogP contribution < -0.4 is 0 Å². The van der Waals surface area contributed by atoms with Gasteiger partial charge < -0.3 is 0 Å². The second-order valence-corrected chi connectivity index (χ2v) is 6.12. The van der Waals surface area contributed by atoms with Gasteiger partial charge in [-0.15, -0.1) is 11.6 Å². The SMILES string of the molecule is Clc1ccc(C(Cl)CC2CCC2)c2ccccc12. The van der Waals surface area contributed by atoms with E-state index in [1.54, 1.807) is 0 Å². The van der Waals surface area contributed by atoms with E-state index >= 15 is 0 Å². The number of halogens is 2. The van der Waals surface area contributed by atoms with E-state index in [1.807, 2.05) is 12.1 Å². The molecule has 2 aromatic rings. The summed E-state index contributed by atoms with van der Waals surface area (Å²) in [6.45, 7) is 0. The Hall–Kier alpha value is -0.720. The molecule has 0 aromatic heterocycles. The number of rotatable bonds is 3. The van der Waals surface area contributed by atoms with Crippen LogP contribution in [0.3, 0.4) is 0 Å². The van der Waals surface area contributed by atoms with Gasteiger partial charge in [0.25, 0.3) is 0 Å². The van der Waals surface area contributed by atoms with Gasteiger partial charge in [-0.05, 0) is 29.4 Å². The van der Waals surface area contributed by atoms with Crippen molar-refractivity contribution < 1.29 is 0 Å². The van der Waals surface area contributed by atoms with Crippen molar-refractivity contribution in [2.24, 2.45) is 5.92 Å². The van der Waals surface area contributed by atoms with E-state index in [9.17, 15) is 0 Å². The topological polar surface area (TPSA) is 0 Å². The largest absolute Gasteiger partial charge is 0.118 e. The highest BCUT2D eigenvalue weighted by Crippen LogP contribution is 2.40. The average Bonchev–Trinajstić information content (AvgIpc) is 2.34. The lowest BCUT2D eigenvalue weighted by molar-refractivity contribution is 0.293. The van der Waals surface area contributed by atoms with E-state index in [-0.39, 0.29) is 5.38 Å². The monoisotopic (exact) mass is 278 g/mol. The molecule has 0 saturated heterocycles. The first kappa shape index (κ1) is 12.3. The molecule has 0 heterocycles. The summed E-state index contributed by atoms with van der Waals surface area (Å²) >= 11 is 12.8. The molecular weight excluding hydrogens is 263 g/mol. The highest BCUT2D eigenvalue weighted by Gasteiger charge is 2.22. The fraction of sp³-hybridized carbons (Fsp3) is 0.375. The summed E-state index contributed by atoms with van der Waals surface area (Å²) in [5.41, 5.74) is 1.23. The van der Waals surface area contributed by atoms with Crippen LogP contribution in [0.15, 0.2) is 36.4 Å². The maximum atomic E-state index is 6.60. The fourth-order valence-corrected chi connectivity index (χ4v) is 3.38. The van der Waals surface area contributed by atoms with E-state index in [1.165, 1.54) is 30.2 Å². The predicted octanol–water partition coefficient (Wildman–Crippen LogP) is 5.96. The molecule has 1 aliphatic carbocycles. The van der Waals surface area contributed by atoms with Gasteiger partial charge in [0.05, 0.1) is 5.38 Å². The van der Waals surface area contributed by atoms with E-state index in [4.69, 9.17) is 23.2 Å². The highest BCUT2D eigenvalue weighted by molar-refractivity contribution is 6.35. The van der Waals surface area contributed by atoms with Gasteiger partial charge in [0.2, 0.25) is 0 Å². The Morgan fingerprint density at radius 1 is 1.06 bits per heavy atom. The maximum absolute atomic E-state index is 6.60. The molecule has 0 N–H and O–H groups in total. The van der Waals surface area contributed by atoms with E-state index in [0.29, 0.717) is 0 Å². The Labute approximate surface area is 118 Å². The first-order valence-electron chi connectivity index (χ1n) is 6.57. The van der Waals surface area contributed by atoms with Crippen LogP contribution in [0.1, 0.15) is 36.6 Å². The molecule has 18 heavy (non-hydrogen) atoms. The van der Waals surface area contributed by atoms with Crippen molar-refractivity contribution >= 4 is 34.0 Å². The standard InChI is InChI=1S/C16H16Cl2/c17-15-9-8-14(12-6-1-2-7-13(12)15)16(18)10-11-4-3-5-11/h1-2,6-9,11,16H,3-5,10H2. The highest BCUT2D eigenvalue weighted by atomic mass is 35.5. The minimum absolute atomic E-state index is 0.109. The van der Waals surface area contributed by atoms with Crippen LogP contribution in [-0.4, -0.2) is 0 Å². The van der Waals surface area contributed by atoms with Crippen molar-refractivity contribution in [3.63, 3.8) is 0 Å². The number of benzene rings is 2. The van der Waals surface area contributed by atoms with Crippen LogP contribution in [0.2, 0.25) is 5.02 Å². The van der Waals surface area contributed by atoms with Crippen LogP contribution in [0.25, 0.3) is 10.8 Å². The summed E-state index contributed by atoms with van der Waals surface area (Å²) in [5.74, 6) is 0.821. The number of alkyl halides is 1. The predicted molar refractivity (Wildman–Crippen MR) is 79.5 cm³/mol. The van der Waals surface area contributed by atoms with Crippen LogP contribution in [0, 0.1) is 5.92 Å². The molecule has 0 radical (unpaired) electrons. The van der Waals surface area contributed by atoms with Crippen LogP contribution in [0.5, 0.6) is 0 Å². The smallest absolute Gasteiger partial charge is 0.0594 e. The number of hydrogen-bond acceptors (Lipinski definition) is 0. The Balaban J connectivity index is 1.97. The molecule has 1 unspecified atom stereocenters. The number of fused-ring (bicyclic) bond motifs is 1. The minimum Gasteiger partial charge on any atom is -0.118 e. The fourth-order valence-electron chi connectivity index (χ4n) is 2.71. The molecular formula is C16H16Cl2. The first-order valence-corrected chi connectivity index (χ1v) is 7.38. The molecule has 0 nitrogen and oxygen atoms in total. The molecule has 1 saturated carbocycles. The minimum atomic E-state index is 0.109. The first-order chi connectivity index (χ1) is 8.75. The van der Waals surface area contributed by atoms with Crippen molar-refractivity contribution in [2.45, 2.75) is 31.1 Å². The Morgan fingerprint density at radius 3 is 2.44 bits per heavy atom. The molecule has 0 aliphatic heterocycles. The van der Waals surface area contributed by atoms with Gasteiger partial charge in [-0.2, -0.15) is 0 Å². The van der Waals surface area contributed by atoms with E-state index < -0.39 is 0 Å². The molecule has 2 heteroatoms. The summed E-state index contributed by atoms with van der Waals surface area (Å²) in [5, 5.41) is 3.22. The molecule has 0 amide bonds. The third-order valence-electron chi connectivity index (χ3n) is 4.01. The quantitative estimate of drug-likeness (QED) is 0.608. The van der Waals surface area contributed by atoms with Crippen LogP contribution in [-0.2, 0) is 0 Å². The van der Waals surface area contributed by atoms with Crippen molar-refractivity contribution in [1.29, 1.82) is 0 Å². The van der Waals surface area contributed by atoms with Gasteiger partial charge >= 0.3 is 0 Å². The maximum Gasteiger partial charge on any atom is 0.0594 e. The summed E-state index contributed by atoms with van der Waals surface area (Å²) in [7, 11) is 0. The molecule has 1 aliphatic rings. The van der Waals surface area contributed by atoms with Crippen molar-refractivity contribution in [3.8, 4) is 0 Å². The molecule has 3 rings (SSSR count). The summed E-state index contributed by atoms with van der Waals surface area (Å²) in [6, 6.07) is 12.3. The molecule has 94 valence electrons. The van der Waals surface area contributed by atoms with Gasteiger partial charge in [-0.3, -0.25) is 0 Å². The summed E-state index contributed by atoms with van der Waals surface area (Å²) in [6.07, 6.45) is 5.15. The van der Waals surface area contributed by atoms with Gasteiger partial charge in [0, 0.05) is 10.4 Å². The van der Waals surface area contributed by atoms with Gasteiger partial charge in [0.1, 0.15) is 0 Å². The Bertz CT molecular complexity index is 558. The van der Waals surface area contributed by atoms with Crippen LogP contribution in [0.4, 0.5) is 0 Å². The van der Waals surface area contributed by atoms with Gasteiger partial charge in [0.15, 0.2) is 0 Å². The van der Waals surface area contributed by atoms with Crippen LogP contribution >= 0.6 is 23.2 Å².